The molecule has 0 fully saturated rings. The first-order valence-electron chi connectivity index (χ1n) is 23.8. The fourth-order valence-electron chi connectivity index (χ4n) is 9.07. The lowest BCUT2D eigenvalue weighted by Crippen LogP contribution is -2.54. The maximum Gasteiger partial charge on any atom is 0.411 e. The molecule has 0 saturated carbocycles. The number of ether oxygens (including phenoxy) is 6. The van der Waals surface area contributed by atoms with Gasteiger partial charge in [0.25, 0.3) is 0 Å². The number of allylic oxidation sites excluding steroid dienone is 2. The predicted octanol–water partition coefficient (Wildman–Crippen LogP) is 18.1. The van der Waals surface area contributed by atoms with Crippen LogP contribution in [0, 0.1) is 55.4 Å². The second kappa shape index (κ2) is 23.0. The lowest BCUT2D eigenvalue weighted by Gasteiger charge is -2.39. The third kappa shape index (κ3) is 12.1. The molecule has 0 aliphatic carbocycles. The van der Waals surface area contributed by atoms with Gasteiger partial charge in [0, 0.05) is 0 Å². The van der Waals surface area contributed by atoms with Crippen molar-refractivity contribution in [2.45, 2.75) is 98.8 Å². The molecule has 0 spiro atoms. The summed E-state index contributed by atoms with van der Waals surface area (Å²) in [5.74, 6) is 4.53. The van der Waals surface area contributed by atoms with Crippen LogP contribution >= 0.6 is 0 Å². The maximum absolute atomic E-state index is 15.7. The number of alkyl halides is 6. The van der Waals surface area contributed by atoms with E-state index in [1.54, 1.807) is 36.4 Å². The zero-order valence-corrected chi connectivity index (χ0v) is 42.7. The van der Waals surface area contributed by atoms with E-state index in [0.717, 1.165) is 70.2 Å². The molecule has 0 atom stereocenters. The highest BCUT2D eigenvalue weighted by Gasteiger charge is 2.72. The van der Waals surface area contributed by atoms with Gasteiger partial charge in [0.2, 0.25) is 5.41 Å². The summed E-state index contributed by atoms with van der Waals surface area (Å²) in [6.07, 6.45) is -4.19. The SMILES string of the molecule is C=CCCOc1c(C)cc(Oc2c(C)cc(Oc3ccc(C(c4ccc(Oc5cc(C)c(Oc6cc(C)c(OCCC=C)c(C)c6)c(C)c5)c(CC=C)c4)(C(F)(F)F)C(F)(F)F)cc3CC=C)cc2C)cc1C. The summed E-state index contributed by atoms with van der Waals surface area (Å²) in [6, 6.07) is 19.9. The summed E-state index contributed by atoms with van der Waals surface area (Å²) in [6.45, 7) is 30.9. The van der Waals surface area contributed by atoms with Crippen molar-refractivity contribution in [3.63, 3.8) is 0 Å². The van der Waals surface area contributed by atoms with Crippen molar-refractivity contribution in [3.05, 3.63) is 202 Å². The Morgan fingerprint density at radius 2 is 0.671 bits per heavy atom. The van der Waals surface area contributed by atoms with Gasteiger partial charge in [-0.15, -0.1) is 26.3 Å². The Morgan fingerprint density at radius 1 is 0.384 bits per heavy atom. The fraction of sp³-hybridized carbons (Fsp3) is 0.279. The first-order valence-corrected chi connectivity index (χ1v) is 23.8. The highest BCUT2D eigenvalue weighted by atomic mass is 19.4. The first kappa shape index (κ1) is 55.0. The number of hydrogen-bond acceptors (Lipinski definition) is 6. The van der Waals surface area contributed by atoms with E-state index in [0.29, 0.717) is 82.8 Å². The number of hydrogen-bond donors (Lipinski definition) is 0. The van der Waals surface area contributed by atoms with Crippen molar-refractivity contribution in [2.75, 3.05) is 13.2 Å². The molecule has 0 radical (unpaired) electrons. The number of rotatable bonds is 22. The highest BCUT2D eigenvalue weighted by molar-refractivity contribution is 5.57. The van der Waals surface area contributed by atoms with Crippen molar-refractivity contribution in [2.24, 2.45) is 0 Å². The average Bonchev–Trinajstić information content (AvgIpc) is 3.29. The molecule has 0 aliphatic heterocycles. The third-order valence-electron chi connectivity index (χ3n) is 12.3. The van der Waals surface area contributed by atoms with Crippen LogP contribution in [-0.2, 0) is 18.3 Å². The van der Waals surface area contributed by atoms with Crippen molar-refractivity contribution in [3.8, 4) is 57.5 Å². The summed E-state index contributed by atoms with van der Waals surface area (Å²) < 4.78 is 131. The van der Waals surface area contributed by atoms with Crippen LogP contribution in [0.5, 0.6) is 57.5 Å². The summed E-state index contributed by atoms with van der Waals surface area (Å²) in [7, 11) is 0. The number of halogens is 6. The van der Waals surface area contributed by atoms with E-state index in [4.69, 9.17) is 28.4 Å². The Balaban J connectivity index is 1.32. The van der Waals surface area contributed by atoms with Gasteiger partial charge in [0.15, 0.2) is 0 Å². The second-order valence-corrected chi connectivity index (χ2v) is 18.2. The molecule has 384 valence electrons. The summed E-state index contributed by atoms with van der Waals surface area (Å²) in [5.41, 5.74) is -0.170. The topological polar surface area (TPSA) is 55.4 Å². The van der Waals surface area contributed by atoms with E-state index < -0.39 is 28.9 Å². The molecule has 0 aromatic heterocycles. The third-order valence-corrected chi connectivity index (χ3v) is 12.3. The standard InChI is InChI=1S/C61H62F6O6/c1-13-17-25-68-55-37(5)27-51(28-38(55)6)72-57-41(9)31-49(32-42(57)10)70-53-23-21-47(35-45(53)19-15-3)59(60(62,63)64,61(65,66)67)48-22-24-54(46(36-48)20-16-4)71-50-33-43(11)58(44(12)34-50)73-52-29-39(7)56(40(8)30-52)69-26-18-14-2/h13-16,21-24,27-36H,1-4,17-20,25-26H2,5-12H3. The number of benzene rings is 6. The molecule has 0 aliphatic rings. The Morgan fingerprint density at radius 3 is 0.945 bits per heavy atom. The van der Waals surface area contributed by atoms with Crippen molar-refractivity contribution in [1.82, 2.24) is 0 Å². The van der Waals surface area contributed by atoms with Crippen LogP contribution in [0.3, 0.4) is 0 Å². The van der Waals surface area contributed by atoms with Gasteiger partial charge < -0.3 is 28.4 Å². The van der Waals surface area contributed by atoms with Crippen LogP contribution in [0.2, 0.25) is 0 Å². The molecular formula is C61H62F6O6. The fourth-order valence-corrected chi connectivity index (χ4v) is 9.07. The highest BCUT2D eigenvalue weighted by Crippen LogP contribution is 2.57. The minimum Gasteiger partial charge on any atom is -0.493 e. The lowest BCUT2D eigenvalue weighted by molar-refractivity contribution is -0.288. The number of aryl methyl sites for hydroxylation is 8. The lowest BCUT2D eigenvalue weighted by atomic mass is 9.72. The average molecular weight is 1010 g/mol. The molecule has 6 aromatic carbocycles. The first-order chi connectivity index (χ1) is 34.6. The molecule has 0 unspecified atom stereocenters. The van der Waals surface area contributed by atoms with E-state index in [1.165, 1.54) is 12.2 Å². The minimum atomic E-state index is -5.87. The van der Waals surface area contributed by atoms with Crippen molar-refractivity contribution < 1.29 is 54.8 Å². The van der Waals surface area contributed by atoms with Gasteiger partial charge in [-0.05, 0) is 208 Å². The Hall–Kier alpha value is -7.34. The van der Waals surface area contributed by atoms with Crippen molar-refractivity contribution >= 4 is 0 Å². The Kier molecular flexibility index (Phi) is 17.3. The van der Waals surface area contributed by atoms with Gasteiger partial charge in [-0.1, -0.05) is 48.6 Å². The quantitative estimate of drug-likeness (QED) is 0.0384. The van der Waals surface area contributed by atoms with E-state index in [2.05, 4.69) is 26.3 Å². The minimum absolute atomic E-state index is 0.0541. The molecular weight excluding hydrogens is 943 g/mol. The van der Waals surface area contributed by atoms with Gasteiger partial charge >= 0.3 is 12.4 Å². The van der Waals surface area contributed by atoms with Crippen LogP contribution in [0.1, 0.15) is 79.6 Å². The van der Waals surface area contributed by atoms with Crippen LogP contribution in [0.4, 0.5) is 26.3 Å². The van der Waals surface area contributed by atoms with Crippen LogP contribution in [0.15, 0.2) is 136 Å². The monoisotopic (exact) mass is 1000 g/mol. The summed E-state index contributed by atoms with van der Waals surface area (Å²) in [4.78, 5) is 0. The maximum atomic E-state index is 15.7. The van der Waals surface area contributed by atoms with E-state index in [-0.39, 0.29) is 35.5 Å². The molecule has 0 N–H and O–H groups in total. The predicted molar refractivity (Wildman–Crippen MR) is 278 cm³/mol. The van der Waals surface area contributed by atoms with E-state index in [9.17, 15) is 0 Å². The van der Waals surface area contributed by atoms with Crippen molar-refractivity contribution in [1.29, 1.82) is 0 Å². The van der Waals surface area contributed by atoms with E-state index >= 15 is 26.3 Å². The largest absolute Gasteiger partial charge is 0.493 e. The zero-order valence-electron chi connectivity index (χ0n) is 42.7. The zero-order chi connectivity index (χ0) is 53.4. The molecule has 0 saturated heterocycles. The molecule has 0 heterocycles. The molecule has 73 heavy (non-hydrogen) atoms. The molecule has 0 amide bonds. The van der Waals surface area contributed by atoms with Crippen LogP contribution in [0.25, 0.3) is 0 Å². The smallest absolute Gasteiger partial charge is 0.411 e. The van der Waals surface area contributed by atoms with Crippen LogP contribution in [-0.4, -0.2) is 25.6 Å². The summed E-state index contributed by atoms with van der Waals surface area (Å²) in [5, 5.41) is 0. The second-order valence-electron chi connectivity index (χ2n) is 18.2. The van der Waals surface area contributed by atoms with Gasteiger partial charge in [0.1, 0.15) is 57.5 Å². The molecule has 0 bridgehead atoms. The molecule has 6 aromatic rings. The Bertz CT molecular complexity index is 2720. The summed E-state index contributed by atoms with van der Waals surface area (Å²) >= 11 is 0. The Labute approximate surface area is 425 Å². The molecule has 12 heteroatoms. The molecule has 6 rings (SSSR count). The van der Waals surface area contributed by atoms with Gasteiger partial charge in [-0.3, -0.25) is 0 Å². The normalized spacial score (nSPS) is 11.7. The van der Waals surface area contributed by atoms with Gasteiger partial charge in [0.05, 0.1) is 13.2 Å². The molecule has 6 nitrogen and oxygen atoms in total. The van der Waals surface area contributed by atoms with Gasteiger partial charge in [-0.25, -0.2) is 0 Å². The van der Waals surface area contributed by atoms with Crippen LogP contribution < -0.4 is 28.4 Å². The van der Waals surface area contributed by atoms with E-state index in [1.807, 2.05) is 79.7 Å². The van der Waals surface area contributed by atoms with Gasteiger partial charge in [-0.2, -0.15) is 26.3 Å².